The Balaban J connectivity index is 5.13. The van der Waals surface area contributed by atoms with Crippen molar-refractivity contribution in [3.8, 4) is 0 Å². The van der Waals surface area contributed by atoms with Gasteiger partial charge in [0, 0.05) is 0 Å². The van der Waals surface area contributed by atoms with Crippen LogP contribution >= 0.6 is 0 Å². The Kier molecular flexibility index (Phi) is 9.02. The predicted molar refractivity (Wildman–Crippen MR) is 73.8 cm³/mol. The molecule has 0 atom stereocenters. The fraction of sp³-hybridized carbons (Fsp3) is 0.857. The first-order valence-corrected chi connectivity index (χ1v) is 10.1. The van der Waals surface area contributed by atoms with Crippen LogP contribution in [0.15, 0.2) is 0 Å². The van der Waals surface area contributed by atoms with Crippen molar-refractivity contribution in [2.45, 2.75) is 77.9 Å². The summed E-state index contributed by atoms with van der Waals surface area (Å²) in [5.74, 6) is -0.315. The van der Waals surface area contributed by atoms with Gasteiger partial charge in [0.25, 0.3) is 0 Å². The fourth-order valence-electron chi connectivity index (χ4n) is 1.87. The quantitative estimate of drug-likeness (QED) is 0.456. The molecule has 0 aliphatic heterocycles. The number of hydrogen-bond donors (Lipinski definition) is 0. The minimum atomic E-state index is -3.71. The Labute approximate surface area is 127 Å². The van der Waals surface area contributed by atoms with Crippen molar-refractivity contribution in [3.63, 3.8) is 0 Å². The second-order valence-electron chi connectivity index (χ2n) is 5.78. The van der Waals surface area contributed by atoms with E-state index in [-0.39, 0.29) is 41.0 Å². The van der Waals surface area contributed by atoms with Crippen LogP contribution in [-0.2, 0) is 37.3 Å². The second kappa shape index (κ2) is 9.05. The van der Waals surface area contributed by atoms with Gasteiger partial charge in [-0.1, -0.05) is 0 Å². The molecule has 6 heteroatoms. The number of rotatable bonds is 10. The molecular weight excluding hydrogens is 296 g/mol. The molecule has 0 radical (unpaired) electrons. The zero-order valence-corrected chi connectivity index (χ0v) is 15.2. The molecule has 0 saturated carbocycles. The summed E-state index contributed by atoms with van der Waals surface area (Å²) in [5.41, 5.74) is 0. The van der Waals surface area contributed by atoms with Gasteiger partial charge < -0.3 is 0 Å². The van der Waals surface area contributed by atoms with Gasteiger partial charge in [0.15, 0.2) is 0 Å². The first kappa shape index (κ1) is 19.9. The van der Waals surface area contributed by atoms with Gasteiger partial charge in [-0.05, 0) is 0 Å². The summed E-state index contributed by atoms with van der Waals surface area (Å²) in [7, 11) is 0. The number of carbonyl (C=O) groups is 2. The summed E-state index contributed by atoms with van der Waals surface area (Å²) >= 11 is -3.71. The average molecular weight is 324 g/mol. The summed E-state index contributed by atoms with van der Waals surface area (Å²) in [6, 6.07) is 0. The average Bonchev–Trinajstić information content (AvgIpc) is 2.09. The summed E-state index contributed by atoms with van der Waals surface area (Å²) in [6.07, 6.45) is -0.343. The Bertz CT molecular complexity index is 299. The van der Waals surface area contributed by atoms with Gasteiger partial charge in [-0.25, -0.2) is 0 Å². The van der Waals surface area contributed by atoms with Crippen LogP contribution in [0.25, 0.3) is 0 Å². The predicted octanol–water partition coefficient (Wildman–Crippen LogP) is 3.13. The van der Waals surface area contributed by atoms with E-state index in [2.05, 4.69) is 0 Å². The molecule has 0 aromatic carbocycles. The second-order valence-corrected chi connectivity index (χ2v) is 9.57. The topological polar surface area (TPSA) is 61.8 Å². The molecule has 5 nitrogen and oxygen atoms in total. The molecule has 0 saturated heterocycles. The maximum absolute atomic E-state index is 12.0. The van der Waals surface area contributed by atoms with Crippen molar-refractivity contribution >= 4 is 11.6 Å². The van der Waals surface area contributed by atoms with E-state index in [9.17, 15) is 9.59 Å². The van der Waals surface area contributed by atoms with Crippen LogP contribution in [0.2, 0.25) is 4.73 Å². The van der Waals surface area contributed by atoms with Crippen LogP contribution in [0.5, 0.6) is 0 Å². The molecule has 0 unspecified atom stereocenters. The van der Waals surface area contributed by atoms with Crippen LogP contribution in [0.4, 0.5) is 0 Å². The minimum absolute atomic E-state index is 0.0855. The number of Topliss-reactive ketones (excluding diaryl/α,β-unsaturated/α-hetero) is 2. The van der Waals surface area contributed by atoms with Crippen molar-refractivity contribution in [1.82, 2.24) is 0 Å². The third-order valence-corrected chi connectivity index (χ3v) is 7.29. The molecule has 20 heavy (non-hydrogen) atoms. The standard InChI is InChI=1S/C5H7O2.3C3H7O.Ti/c1-4(6)3-5(2)7;3*1-3(2)4;/h1,3H2,2H3;3*3H,1-2H3;/q;3*-1;+3. The van der Waals surface area contributed by atoms with E-state index in [4.69, 9.17) is 9.96 Å². The van der Waals surface area contributed by atoms with Gasteiger partial charge in [-0.3, -0.25) is 0 Å². The SMILES string of the molecule is CC(=O)CC(=O)[CH2][Ti]([O]C(C)C)([O]C(C)C)[O]C(C)C. The third-order valence-electron chi connectivity index (χ3n) is 2.11. The first-order chi connectivity index (χ1) is 9.06. The zero-order valence-electron chi connectivity index (χ0n) is 13.7. The molecule has 0 aliphatic carbocycles. The van der Waals surface area contributed by atoms with E-state index >= 15 is 0 Å². The molecule has 118 valence electrons. The summed E-state index contributed by atoms with van der Waals surface area (Å²) < 4.78 is 17.9. The molecule has 0 fully saturated rings. The van der Waals surface area contributed by atoms with Crippen LogP contribution < -0.4 is 0 Å². The summed E-state index contributed by atoms with van der Waals surface area (Å²) in [5, 5.41) is 0. The van der Waals surface area contributed by atoms with Gasteiger partial charge in [-0.2, -0.15) is 0 Å². The van der Waals surface area contributed by atoms with Crippen molar-refractivity contribution in [2.75, 3.05) is 0 Å². The Hall–Kier alpha value is -0.0657. The molecule has 0 N–H and O–H groups in total. The zero-order chi connectivity index (χ0) is 15.9. The van der Waals surface area contributed by atoms with E-state index in [1.807, 2.05) is 41.5 Å². The monoisotopic (exact) mass is 324 g/mol. The van der Waals surface area contributed by atoms with Crippen molar-refractivity contribution < 1.29 is 37.3 Å². The van der Waals surface area contributed by atoms with Crippen molar-refractivity contribution in [3.05, 3.63) is 0 Å². The van der Waals surface area contributed by atoms with E-state index in [0.717, 1.165) is 0 Å². The van der Waals surface area contributed by atoms with Crippen LogP contribution in [0, 0.1) is 0 Å². The van der Waals surface area contributed by atoms with Crippen molar-refractivity contribution in [2.24, 2.45) is 0 Å². The van der Waals surface area contributed by atoms with Gasteiger partial charge in [0.1, 0.15) is 0 Å². The normalized spacial score (nSPS) is 12.5. The van der Waals surface area contributed by atoms with E-state index in [1.54, 1.807) is 0 Å². The first-order valence-electron chi connectivity index (χ1n) is 7.11. The molecular formula is C14H28O5Ti. The Morgan fingerprint density at radius 2 is 1.20 bits per heavy atom. The molecule has 0 aliphatic rings. The number of carbonyl (C=O) groups excluding carboxylic acids is 2. The Morgan fingerprint density at radius 1 is 0.850 bits per heavy atom. The molecule has 0 amide bonds. The van der Waals surface area contributed by atoms with Crippen LogP contribution in [0.1, 0.15) is 54.9 Å². The van der Waals surface area contributed by atoms with Crippen molar-refractivity contribution in [1.29, 1.82) is 0 Å². The van der Waals surface area contributed by atoms with Gasteiger partial charge in [0.05, 0.1) is 0 Å². The molecule has 0 spiro atoms. The van der Waals surface area contributed by atoms with E-state index in [0.29, 0.717) is 0 Å². The molecule has 0 heterocycles. The number of ketones is 2. The van der Waals surface area contributed by atoms with Gasteiger partial charge >= 0.3 is 127 Å². The molecule has 0 aromatic rings. The van der Waals surface area contributed by atoms with Crippen LogP contribution in [-0.4, -0.2) is 29.9 Å². The Morgan fingerprint density at radius 3 is 1.45 bits per heavy atom. The third kappa shape index (κ3) is 8.98. The van der Waals surface area contributed by atoms with E-state index < -0.39 is 17.8 Å². The van der Waals surface area contributed by atoms with E-state index in [1.165, 1.54) is 6.92 Å². The van der Waals surface area contributed by atoms with Crippen LogP contribution in [0.3, 0.4) is 0 Å². The van der Waals surface area contributed by atoms with Gasteiger partial charge in [0.2, 0.25) is 0 Å². The van der Waals surface area contributed by atoms with Gasteiger partial charge in [-0.15, -0.1) is 0 Å². The molecule has 0 rings (SSSR count). The molecule has 0 aromatic heterocycles. The maximum atomic E-state index is 12.0. The number of hydrogen-bond acceptors (Lipinski definition) is 5. The fourth-order valence-corrected chi connectivity index (χ4v) is 6.83. The molecule has 0 bridgehead atoms. The summed E-state index contributed by atoms with van der Waals surface area (Å²) in [4.78, 5) is 23.1. The summed E-state index contributed by atoms with van der Waals surface area (Å²) in [6.45, 7) is 12.8.